The van der Waals surface area contributed by atoms with Gasteiger partial charge in [0, 0.05) is 19.6 Å². The number of sulfone groups is 1. The number of fused-ring (bicyclic) bond motifs is 1. The van der Waals surface area contributed by atoms with Gasteiger partial charge in [0.05, 0.1) is 23.5 Å². The highest BCUT2D eigenvalue weighted by atomic mass is 32.2. The monoisotopic (exact) mass is 551 g/mol. The summed E-state index contributed by atoms with van der Waals surface area (Å²) in [7, 11) is -1.36. The van der Waals surface area contributed by atoms with E-state index >= 15 is 0 Å². The second-order valence-corrected chi connectivity index (χ2v) is 12.1. The summed E-state index contributed by atoms with van der Waals surface area (Å²) in [6, 6.07) is 14.1. The summed E-state index contributed by atoms with van der Waals surface area (Å²) in [5.41, 5.74) is 1.43. The van der Waals surface area contributed by atoms with Crippen molar-refractivity contribution in [3.05, 3.63) is 86.8 Å². The first-order valence-electron chi connectivity index (χ1n) is 13.2. The number of ether oxygens (including phenoxy) is 1. The Kier molecular flexibility index (Phi) is 7.72. The SMILES string of the molecule is CCn1cnc2c1c(=O)[nH]c(=O)n2Cc1ccc(CCS(=O)(=O)c2ccc(OC3CCN(C)CC3)cc2)cc1. The smallest absolute Gasteiger partial charge is 0.330 e. The van der Waals surface area contributed by atoms with Gasteiger partial charge in [-0.25, -0.2) is 18.2 Å². The summed E-state index contributed by atoms with van der Waals surface area (Å²) in [5, 5.41) is 0. The number of benzene rings is 2. The van der Waals surface area contributed by atoms with Crippen molar-refractivity contribution >= 4 is 21.0 Å². The number of piperidine rings is 1. The lowest BCUT2D eigenvalue weighted by Gasteiger charge is -2.29. The summed E-state index contributed by atoms with van der Waals surface area (Å²) in [6.07, 6.45) is 4.00. The van der Waals surface area contributed by atoms with E-state index in [9.17, 15) is 18.0 Å². The highest BCUT2D eigenvalue weighted by Gasteiger charge is 2.19. The van der Waals surface area contributed by atoms with Gasteiger partial charge in [0.25, 0.3) is 5.56 Å². The molecule has 1 aliphatic heterocycles. The summed E-state index contributed by atoms with van der Waals surface area (Å²) < 4.78 is 35.1. The largest absolute Gasteiger partial charge is 0.490 e. The van der Waals surface area contributed by atoms with E-state index < -0.39 is 21.1 Å². The molecule has 0 amide bonds. The van der Waals surface area contributed by atoms with Crippen molar-refractivity contribution in [1.82, 2.24) is 24.0 Å². The van der Waals surface area contributed by atoms with Crippen LogP contribution in [-0.2, 0) is 29.3 Å². The fourth-order valence-corrected chi connectivity index (χ4v) is 6.18. The molecule has 0 spiro atoms. The second-order valence-electron chi connectivity index (χ2n) is 10.0. The molecule has 0 saturated carbocycles. The molecule has 1 fully saturated rings. The molecule has 2 aromatic carbocycles. The number of nitrogens with zero attached hydrogens (tertiary/aromatic N) is 4. The highest BCUT2D eigenvalue weighted by molar-refractivity contribution is 7.91. The van der Waals surface area contributed by atoms with Gasteiger partial charge in [-0.2, -0.15) is 0 Å². The average Bonchev–Trinajstić information content (AvgIpc) is 3.37. The number of rotatable bonds is 9. The molecule has 39 heavy (non-hydrogen) atoms. The second kappa shape index (κ2) is 11.2. The van der Waals surface area contributed by atoms with Crippen LogP contribution in [0.5, 0.6) is 5.75 Å². The third kappa shape index (κ3) is 5.99. The van der Waals surface area contributed by atoms with E-state index in [2.05, 4.69) is 21.9 Å². The Hall–Kier alpha value is -3.70. The highest BCUT2D eigenvalue weighted by Crippen LogP contribution is 2.22. The van der Waals surface area contributed by atoms with Crippen LogP contribution in [0.1, 0.15) is 30.9 Å². The van der Waals surface area contributed by atoms with Crippen LogP contribution in [-0.4, -0.2) is 64.4 Å². The number of aromatic nitrogens is 4. The van der Waals surface area contributed by atoms with Gasteiger partial charge in [0.1, 0.15) is 11.9 Å². The maximum absolute atomic E-state index is 12.9. The number of imidazole rings is 1. The molecule has 3 heterocycles. The van der Waals surface area contributed by atoms with Gasteiger partial charge < -0.3 is 14.2 Å². The van der Waals surface area contributed by atoms with Gasteiger partial charge >= 0.3 is 5.69 Å². The zero-order valence-corrected chi connectivity index (χ0v) is 23.0. The van der Waals surface area contributed by atoms with Crippen LogP contribution in [0.2, 0.25) is 0 Å². The number of nitrogens with one attached hydrogen (secondary N) is 1. The fourth-order valence-electron chi connectivity index (χ4n) is 4.89. The van der Waals surface area contributed by atoms with Crippen molar-refractivity contribution in [2.75, 3.05) is 25.9 Å². The molecular formula is C28H33N5O5S. The molecule has 0 aliphatic carbocycles. The van der Waals surface area contributed by atoms with Gasteiger partial charge in [-0.05, 0) is 68.6 Å². The van der Waals surface area contributed by atoms with E-state index in [1.807, 2.05) is 31.2 Å². The molecule has 1 N–H and O–H groups in total. The van der Waals surface area contributed by atoms with Crippen molar-refractivity contribution in [3.63, 3.8) is 0 Å². The predicted octanol–water partition coefficient (Wildman–Crippen LogP) is 2.44. The van der Waals surface area contributed by atoms with E-state index in [0.717, 1.165) is 37.1 Å². The standard InChI is InChI=1S/C28H33N5O5S/c1-3-32-19-29-26-25(32)27(34)30-28(35)33(26)18-21-6-4-20(5-7-21)14-17-39(36,37)24-10-8-22(9-11-24)38-23-12-15-31(2)16-13-23/h4-11,19,23H,3,12-18H2,1-2H3,(H,30,34,35). The first-order valence-corrected chi connectivity index (χ1v) is 14.8. The number of hydrogen-bond acceptors (Lipinski definition) is 7. The van der Waals surface area contributed by atoms with Gasteiger partial charge in [0.2, 0.25) is 0 Å². The number of aromatic amines is 1. The molecule has 1 saturated heterocycles. The Balaban J connectivity index is 1.21. The summed E-state index contributed by atoms with van der Waals surface area (Å²) >= 11 is 0. The van der Waals surface area contributed by atoms with Crippen LogP contribution in [0, 0.1) is 0 Å². The minimum absolute atomic E-state index is 0.0179. The zero-order valence-electron chi connectivity index (χ0n) is 22.2. The van der Waals surface area contributed by atoms with Crippen LogP contribution < -0.4 is 16.0 Å². The molecule has 0 atom stereocenters. The van der Waals surface area contributed by atoms with Crippen molar-refractivity contribution in [3.8, 4) is 5.75 Å². The molecule has 2 aromatic heterocycles. The van der Waals surface area contributed by atoms with Crippen LogP contribution in [0.4, 0.5) is 0 Å². The molecule has 4 aromatic rings. The molecule has 10 nitrogen and oxygen atoms in total. The summed E-state index contributed by atoms with van der Waals surface area (Å²) in [4.78, 5) is 34.0. The van der Waals surface area contributed by atoms with Crippen molar-refractivity contribution in [2.45, 2.75) is 50.3 Å². The molecule has 0 unspecified atom stereocenters. The minimum Gasteiger partial charge on any atom is -0.490 e. The van der Waals surface area contributed by atoms with E-state index in [-0.39, 0.29) is 23.3 Å². The number of hydrogen-bond donors (Lipinski definition) is 1. The third-order valence-corrected chi connectivity index (χ3v) is 9.00. The van der Waals surface area contributed by atoms with E-state index in [1.54, 1.807) is 35.2 Å². The molecule has 0 radical (unpaired) electrons. The van der Waals surface area contributed by atoms with Crippen LogP contribution in [0.3, 0.4) is 0 Å². The molecule has 1 aliphatic rings. The van der Waals surface area contributed by atoms with Crippen molar-refractivity contribution < 1.29 is 13.2 Å². The quantitative estimate of drug-likeness (QED) is 0.339. The Labute approximate surface area is 226 Å². The van der Waals surface area contributed by atoms with Crippen LogP contribution >= 0.6 is 0 Å². The Bertz CT molecular complexity index is 1660. The average molecular weight is 552 g/mol. The molecular weight excluding hydrogens is 518 g/mol. The van der Waals surface area contributed by atoms with Gasteiger partial charge in [0.15, 0.2) is 21.0 Å². The molecule has 0 bridgehead atoms. The zero-order chi connectivity index (χ0) is 27.6. The Morgan fingerprint density at radius 1 is 1.00 bits per heavy atom. The molecule has 5 rings (SSSR count). The van der Waals surface area contributed by atoms with Crippen molar-refractivity contribution in [1.29, 1.82) is 0 Å². The number of likely N-dealkylation sites (tertiary alicyclic amines) is 1. The summed E-state index contributed by atoms with van der Waals surface area (Å²) in [6.45, 7) is 4.69. The topological polar surface area (TPSA) is 119 Å². The first-order chi connectivity index (χ1) is 18.7. The molecule has 11 heteroatoms. The first kappa shape index (κ1) is 26.9. The Morgan fingerprint density at radius 3 is 2.33 bits per heavy atom. The van der Waals surface area contributed by atoms with Crippen molar-refractivity contribution in [2.24, 2.45) is 0 Å². The van der Waals surface area contributed by atoms with E-state index in [4.69, 9.17) is 4.74 Å². The summed E-state index contributed by atoms with van der Waals surface area (Å²) in [5.74, 6) is 0.676. The van der Waals surface area contributed by atoms with Gasteiger partial charge in [-0.3, -0.25) is 14.3 Å². The van der Waals surface area contributed by atoms with E-state index in [1.165, 1.54) is 4.57 Å². The maximum Gasteiger partial charge on any atom is 0.330 e. The van der Waals surface area contributed by atoms with E-state index in [0.29, 0.717) is 29.9 Å². The lowest BCUT2D eigenvalue weighted by atomic mass is 10.1. The normalized spacial score (nSPS) is 15.1. The Morgan fingerprint density at radius 2 is 1.67 bits per heavy atom. The minimum atomic E-state index is -3.46. The van der Waals surface area contributed by atoms with Gasteiger partial charge in [-0.15, -0.1) is 0 Å². The fraction of sp³-hybridized carbons (Fsp3) is 0.393. The predicted molar refractivity (Wildman–Crippen MR) is 149 cm³/mol. The third-order valence-electron chi connectivity index (χ3n) is 7.27. The van der Waals surface area contributed by atoms with Gasteiger partial charge in [-0.1, -0.05) is 24.3 Å². The number of H-pyrrole nitrogens is 1. The molecule has 206 valence electrons. The van der Waals surface area contributed by atoms with Crippen LogP contribution in [0.15, 0.2) is 69.3 Å². The lowest BCUT2D eigenvalue weighted by molar-refractivity contribution is 0.114. The lowest BCUT2D eigenvalue weighted by Crippen LogP contribution is -2.35. The van der Waals surface area contributed by atoms with Crippen LogP contribution in [0.25, 0.3) is 11.2 Å². The number of aryl methyl sites for hydroxylation is 2. The maximum atomic E-state index is 12.9.